The van der Waals surface area contributed by atoms with Crippen LogP contribution in [0.2, 0.25) is 25.1 Å². The fourth-order valence-electron chi connectivity index (χ4n) is 3.25. The highest BCUT2D eigenvalue weighted by molar-refractivity contribution is 7.87. The van der Waals surface area contributed by atoms with E-state index in [9.17, 15) is 23.2 Å². The molecule has 5 nitrogen and oxygen atoms in total. The second kappa shape index (κ2) is 8.28. The van der Waals surface area contributed by atoms with Crippen LogP contribution < -0.4 is 0 Å². The van der Waals surface area contributed by atoms with Gasteiger partial charge >= 0.3 is 0 Å². The number of phenolic OH excluding ortho intramolecular Hbond substituents is 2. The molecule has 3 aromatic rings. The molecule has 30 heavy (non-hydrogen) atoms. The molecule has 3 rings (SSSR count). The van der Waals surface area contributed by atoms with Gasteiger partial charge in [-0.1, -0.05) is 100 Å². The first-order valence-electron chi connectivity index (χ1n) is 8.02. The lowest BCUT2D eigenvalue weighted by atomic mass is 9.83. The minimum atomic E-state index is -5.18. The molecule has 0 bridgehead atoms. The third-order valence-corrected chi connectivity index (χ3v) is 7.99. The van der Waals surface area contributed by atoms with E-state index in [-0.39, 0.29) is 21.2 Å². The van der Waals surface area contributed by atoms with Crippen LogP contribution in [0.5, 0.6) is 11.5 Å². The van der Waals surface area contributed by atoms with Crippen LogP contribution in [0.1, 0.15) is 16.7 Å². The van der Waals surface area contributed by atoms with Crippen molar-refractivity contribution in [2.24, 2.45) is 0 Å². The average molecular weight is 529 g/mol. The molecule has 0 aliphatic rings. The van der Waals surface area contributed by atoms with Gasteiger partial charge in [0.1, 0.15) is 5.02 Å². The van der Waals surface area contributed by atoms with Gasteiger partial charge in [0.25, 0.3) is 10.1 Å². The topological polar surface area (TPSA) is 94.8 Å². The summed E-state index contributed by atoms with van der Waals surface area (Å²) in [6.07, 6.45) is 0. The zero-order valence-electron chi connectivity index (χ0n) is 14.6. The van der Waals surface area contributed by atoms with Crippen LogP contribution in [0.3, 0.4) is 0 Å². The fraction of sp³-hybridized carbons (Fsp3) is 0.0526. The van der Waals surface area contributed by atoms with Crippen LogP contribution >= 0.6 is 58.0 Å². The first-order chi connectivity index (χ1) is 14.0. The number of hydrogen-bond acceptors (Lipinski definition) is 4. The summed E-state index contributed by atoms with van der Waals surface area (Å²) in [5.41, 5.74) is -0.735. The van der Waals surface area contributed by atoms with Gasteiger partial charge in [-0.15, -0.1) is 0 Å². The smallest absolute Gasteiger partial charge is 0.283 e. The normalized spacial score (nSPS) is 13.8. The third kappa shape index (κ3) is 3.41. The summed E-state index contributed by atoms with van der Waals surface area (Å²) in [5, 5.41) is 18.3. The van der Waals surface area contributed by atoms with Crippen molar-refractivity contribution >= 4 is 68.1 Å². The predicted octanol–water partition coefficient (Wildman–Crippen LogP) is 6.54. The van der Waals surface area contributed by atoms with E-state index < -0.39 is 47.0 Å². The number of benzene rings is 3. The summed E-state index contributed by atoms with van der Waals surface area (Å²) >= 11 is 31.1. The molecule has 3 N–H and O–H groups in total. The molecule has 158 valence electrons. The first-order valence-corrected chi connectivity index (χ1v) is 11.3. The molecule has 1 atom stereocenters. The Morgan fingerprint density at radius 1 is 0.700 bits per heavy atom. The molecular weight excluding hydrogens is 518 g/mol. The number of rotatable bonds is 4. The van der Waals surface area contributed by atoms with E-state index in [0.29, 0.717) is 0 Å². The minimum Gasteiger partial charge on any atom is -0.503 e. The van der Waals surface area contributed by atoms with Gasteiger partial charge in [-0.05, 0) is 11.6 Å². The highest BCUT2D eigenvalue weighted by Crippen LogP contribution is 2.57. The van der Waals surface area contributed by atoms with Crippen molar-refractivity contribution in [1.29, 1.82) is 0 Å². The molecule has 0 heterocycles. The molecule has 0 saturated carbocycles. The fourth-order valence-corrected chi connectivity index (χ4v) is 6.08. The molecule has 3 aromatic carbocycles. The summed E-state index contributed by atoms with van der Waals surface area (Å²) in [6.45, 7) is 0. The Morgan fingerprint density at radius 3 is 1.83 bits per heavy atom. The number of hydrogen-bond donors (Lipinski definition) is 3. The lowest BCUT2D eigenvalue weighted by molar-refractivity contribution is 0.402. The average Bonchev–Trinajstić information content (AvgIpc) is 2.70. The van der Waals surface area contributed by atoms with Gasteiger partial charge in [0.05, 0.1) is 20.1 Å². The zero-order chi connectivity index (χ0) is 22.4. The maximum atomic E-state index is 13.1. The maximum absolute atomic E-state index is 13.1. The SMILES string of the molecule is O=S(=O)(O)C(c1ccccc1)(c1cccc(Cl)c1Cl)c1c(Cl)c(O)c(O)c(Cl)c1Cl. The van der Waals surface area contributed by atoms with Gasteiger partial charge in [0.15, 0.2) is 16.2 Å². The molecule has 0 aliphatic heterocycles. The van der Waals surface area contributed by atoms with Crippen LogP contribution in [0.25, 0.3) is 0 Å². The molecular formula is C19H11Cl5O5S. The Morgan fingerprint density at radius 2 is 1.27 bits per heavy atom. The van der Waals surface area contributed by atoms with Crippen molar-refractivity contribution in [1.82, 2.24) is 0 Å². The van der Waals surface area contributed by atoms with E-state index in [1.807, 2.05) is 0 Å². The van der Waals surface area contributed by atoms with Crippen LogP contribution in [-0.4, -0.2) is 23.2 Å². The standard InChI is InChI=1S/C19H11Cl5O5S/c20-11-8-4-7-10(13(11)21)19(30(27,28)29,9-5-2-1-3-6-9)12-14(22)16(24)18(26)17(25)15(12)23/h1-8,25-26H,(H,27,28,29). The van der Waals surface area contributed by atoms with E-state index in [0.717, 1.165) is 0 Å². The quantitative estimate of drug-likeness (QED) is 0.155. The molecule has 0 fully saturated rings. The van der Waals surface area contributed by atoms with Crippen LogP contribution in [0.4, 0.5) is 0 Å². The van der Waals surface area contributed by atoms with Gasteiger partial charge in [0, 0.05) is 11.1 Å². The summed E-state index contributed by atoms with van der Waals surface area (Å²) in [5.74, 6) is -1.78. The summed E-state index contributed by atoms with van der Waals surface area (Å²) in [7, 11) is -5.18. The van der Waals surface area contributed by atoms with Gasteiger partial charge < -0.3 is 10.2 Å². The number of halogens is 5. The Kier molecular flexibility index (Phi) is 6.43. The lowest BCUT2D eigenvalue weighted by Crippen LogP contribution is -2.39. The number of phenols is 2. The van der Waals surface area contributed by atoms with Gasteiger partial charge in [-0.2, -0.15) is 8.42 Å². The van der Waals surface area contributed by atoms with E-state index in [4.69, 9.17) is 58.0 Å². The van der Waals surface area contributed by atoms with E-state index in [2.05, 4.69) is 0 Å². The van der Waals surface area contributed by atoms with Crippen molar-refractivity contribution in [3.8, 4) is 11.5 Å². The molecule has 0 amide bonds. The zero-order valence-corrected chi connectivity index (χ0v) is 19.2. The molecule has 0 spiro atoms. The third-order valence-electron chi connectivity index (χ3n) is 4.52. The Balaban J connectivity index is 2.71. The summed E-state index contributed by atoms with van der Waals surface area (Å²) in [4.78, 5) is 0. The summed E-state index contributed by atoms with van der Waals surface area (Å²) < 4.78 is 34.2. The first kappa shape index (κ1) is 23.3. The largest absolute Gasteiger partial charge is 0.503 e. The van der Waals surface area contributed by atoms with Crippen molar-refractivity contribution in [2.75, 3.05) is 0 Å². The van der Waals surface area contributed by atoms with Crippen molar-refractivity contribution in [3.05, 3.63) is 90.3 Å². The van der Waals surface area contributed by atoms with E-state index in [1.165, 1.54) is 42.5 Å². The van der Waals surface area contributed by atoms with Gasteiger partial charge in [0.2, 0.25) is 0 Å². The highest BCUT2D eigenvalue weighted by atomic mass is 35.5. The molecule has 1 unspecified atom stereocenters. The monoisotopic (exact) mass is 526 g/mol. The second-order valence-corrected chi connectivity index (χ2v) is 9.62. The van der Waals surface area contributed by atoms with Crippen molar-refractivity contribution in [2.45, 2.75) is 4.75 Å². The molecule has 0 radical (unpaired) electrons. The Labute approximate surface area is 197 Å². The van der Waals surface area contributed by atoms with Gasteiger partial charge in [-0.3, -0.25) is 4.55 Å². The second-order valence-electron chi connectivity index (χ2n) is 6.14. The van der Waals surface area contributed by atoms with Crippen LogP contribution in [-0.2, 0) is 14.9 Å². The van der Waals surface area contributed by atoms with Crippen LogP contribution in [0.15, 0.2) is 48.5 Å². The van der Waals surface area contributed by atoms with Crippen molar-refractivity contribution < 1.29 is 23.2 Å². The predicted molar refractivity (Wildman–Crippen MR) is 119 cm³/mol. The number of aromatic hydroxyl groups is 2. The summed E-state index contributed by atoms with van der Waals surface area (Å²) in [6, 6.07) is 11.5. The molecule has 0 aliphatic carbocycles. The highest BCUT2D eigenvalue weighted by Gasteiger charge is 2.53. The Bertz CT molecular complexity index is 1220. The molecule has 0 saturated heterocycles. The van der Waals surface area contributed by atoms with E-state index in [1.54, 1.807) is 6.07 Å². The van der Waals surface area contributed by atoms with E-state index >= 15 is 0 Å². The Hall–Kier alpha value is -1.38. The van der Waals surface area contributed by atoms with Crippen LogP contribution in [0, 0.1) is 0 Å². The van der Waals surface area contributed by atoms with Crippen molar-refractivity contribution in [3.63, 3.8) is 0 Å². The van der Waals surface area contributed by atoms with Gasteiger partial charge in [-0.25, -0.2) is 0 Å². The molecule has 0 aromatic heterocycles. The minimum absolute atomic E-state index is 0.0144. The maximum Gasteiger partial charge on any atom is 0.283 e. The lowest BCUT2D eigenvalue weighted by Gasteiger charge is -2.35. The molecule has 11 heteroatoms.